The van der Waals surface area contributed by atoms with Crippen LogP contribution >= 0.6 is 22.9 Å². The van der Waals surface area contributed by atoms with Crippen LogP contribution in [0.25, 0.3) is 0 Å². The normalized spacial score (nSPS) is 14.9. The second-order valence-electron chi connectivity index (χ2n) is 3.96. The van der Waals surface area contributed by atoms with Gasteiger partial charge in [-0.25, -0.2) is 0 Å². The maximum atomic E-state index is 11.6. The van der Waals surface area contributed by atoms with Crippen molar-refractivity contribution in [3.05, 3.63) is 21.3 Å². The second-order valence-corrected chi connectivity index (χ2v) is 5.71. The van der Waals surface area contributed by atoms with Gasteiger partial charge in [-0.15, -0.1) is 11.3 Å². The van der Waals surface area contributed by atoms with Gasteiger partial charge in [-0.05, 0) is 18.1 Å². The zero-order valence-electron chi connectivity index (χ0n) is 9.57. The van der Waals surface area contributed by atoms with E-state index >= 15 is 0 Å². The van der Waals surface area contributed by atoms with Gasteiger partial charge in [-0.2, -0.15) is 0 Å². The Bertz CT molecular complexity index is 365. The minimum atomic E-state index is -0.357. The SMILES string of the molecule is COC(=O)C(C(C)C)C(N)c1ccc(Cl)s1. The van der Waals surface area contributed by atoms with Crippen molar-refractivity contribution >= 4 is 28.9 Å². The van der Waals surface area contributed by atoms with E-state index in [2.05, 4.69) is 0 Å². The first-order valence-electron chi connectivity index (χ1n) is 5.06. The van der Waals surface area contributed by atoms with Crippen molar-refractivity contribution in [1.29, 1.82) is 0 Å². The van der Waals surface area contributed by atoms with Crippen LogP contribution in [0.1, 0.15) is 24.8 Å². The Balaban J connectivity index is 2.91. The molecule has 0 amide bonds. The molecular weight excluding hydrogens is 246 g/mol. The Morgan fingerprint density at radius 3 is 2.50 bits per heavy atom. The maximum Gasteiger partial charge on any atom is 0.310 e. The Labute approximate surface area is 105 Å². The van der Waals surface area contributed by atoms with Gasteiger partial charge >= 0.3 is 5.97 Å². The fourth-order valence-electron chi connectivity index (χ4n) is 1.65. The number of carbonyl (C=O) groups excluding carboxylic acids is 1. The Kier molecular flexibility index (Phi) is 4.77. The van der Waals surface area contributed by atoms with E-state index in [0.29, 0.717) is 4.34 Å². The molecule has 1 rings (SSSR count). The second kappa shape index (κ2) is 5.66. The summed E-state index contributed by atoms with van der Waals surface area (Å²) in [5.74, 6) is -0.477. The summed E-state index contributed by atoms with van der Waals surface area (Å²) in [4.78, 5) is 12.6. The lowest BCUT2D eigenvalue weighted by Gasteiger charge is -2.23. The van der Waals surface area contributed by atoms with Gasteiger partial charge in [0.2, 0.25) is 0 Å². The summed E-state index contributed by atoms with van der Waals surface area (Å²) in [5.41, 5.74) is 6.08. The number of esters is 1. The highest BCUT2D eigenvalue weighted by Crippen LogP contribution is 2.33. The van der Waals surface area contributed by atoms with Crippen LogP contribution in [0, 0.1) is 11.8 Å². The fourth-order valence-corrected chi connectivity index (χ4v) is 2.76. The highest BCUT2D eigenvalue weighted by atomic mass is 35.5. The monoisotopic (exact) mass is 261 g/mol. The smallest absolute Gasteiger partial charge is 0.310 e. The third-order valence-electron chi connectivity index (χ3n) is 2.50. The standard InChI is InChI=1S/C11H16ClNO2S/c1-6(2)9(11(14)15-3)10(13)7-4-5-8(12)16-7/h4-6,9-10H,13H2,1-3H3. The van der Waals surface area contributed by atoms with E-state index in [9.17, 15) is 4.79 Å². The zero-order valence-corrected chi connectivity index (χ0v) is 11.1. The number of nitrogens with two attached hydrogens (primary N) is 1. The largest absolute Gasteiger partial charge is 0.469 e. The first-order chi connectivity index (χ1) is 7.47. The molecule has 0 radical (unpaired) electrons. The molecule has 0 saturated heterocycles. The molecule has 16 heavy (non-hydrogen) atoms. The molecule has 0 aliphatic heterocycles. The molecule has 0 fully saturated rings. The Morgan fingerprint density at radius 2 is 2.12 bits per heavy atom. The van der Waals surface area contributed by atoms with E-state index in [0.717, 1.165) is 4.88 Å². The lowest BCUT2D eigenvalue weighted by atomic mass is 9.88. The molecule has 0 aromatic carbocycles. The minimum Gasteiger partial charge on any atom is -0.469 e. The van der Waals surface area contributed by atoms with Crippen LogP contribution in [0.5, 0.6) is 0 Å². The molecule has 1 heterocycles. The first-order valence-corrected chi connectivity index (χ1v) is 6.25. The summed E-state index contributed by atoms with van der Waals surface area (Å²) in [6, 6.07) is 3.29. The maximum absolute atomic E-state index is 11.6. The summed E-state index contributed by atoms with van der Waals surface area (Å²) < 4.78 is 5.45. The zero-order chi connectivity index (χ0) is 12.3. The number of hydrogen-bond acceptors (Lipinski definition) is 4. The van der Waals surface area contributed by atoms with Crippen molar-refractivity contribution < 1.29 is 9.53 Å². The molecule has 0 saturated carbocycles. The number of methoxy groups -OCH3 is 1. The van der Waals surface area contributed by atoms with Gasteiger partial charge in [-0.3, -0.25) is 4.79 Å². The van der Waals surface area contributed by atoms with E-state index < -0.39 is 0 Å². The predicted octanol–water partition coefficient (Wildman–Crippen LogP) is 2.85. The molecule has 0 aliphatic carbocycles. The minimum absolute atomic E-state index is 0.128. The van der Waals surface area contributed by atoms with Crippen molar-refractivity contribution in [2.75, 3.05) is 7.11 Å². The Morgan fingerprint density at radius 1 is 1.50 bits per heavy atom. The quantitative estimate of drug-likeness (QED) is 0.848. The molecule has 90 valence electrons. The number of halogens is 1. The van der Waals surface area contributed by atoms with Crippen LogP contribution in [-0.2, 0) is 9.53 Å². The van der Waals surface area contributed by atoms with Gasteiger partial charge in [-0.1, -0.05) is 25.4 Å². The number of thiophene rings is 1. The summed E-state index contributed by atoms with van der Waals surface area (Å²) in [7, 11) is 1.38. The van der Waals surface area contributed by atoms with Gasteiger partial charge in [0.05, 0.1) is 23.4 Å². The summed E-state index contributed by atoms with van der Waals surface area (Å²) in [5, 5.41) is 0. The molecule has 0 spiro atoms. The fraction of sp³-hybridized carbons (Fsp3) is 0.545. The number of ether oxygens (including phenoxy) is 1. The molecule has 0 aliphatic rings. The van der Waals surface area contributed by atoms with Crippen LogP contribution in [0.3, 0.4) is 0 Å². The molecule has 5 heteroatoms. The van der Waals surface area contributed by atoms with Crippen molar-refractivity contribution in [1.82, 2.24) is 0 Å². The Hall–Kier alpha value is -0.580. The first kappa shape index (κ1) is 13.5. The van der Waals surface area contributed by atoms with Crippen LogP contribution in [0.4, 0.5) is 0 Å². The van der Waals surface area contributed by atoms with Crippen molar-refractivity contribution in [3.63, 3.8) is 0 Å². The lowest BCUT2D eigenvalue weighted by molar-refractivity contribution is -0.147. The molecule has 3 nitrogen and oxygen atoms in total. The van der Waals surface area contributed by atoms with Crippen LogP contribution in [0.15, 0.2) is 12.1 Å². The number of carbonyl (C=O) groups is 1. The highest BCUT2D eigenvalue weighted by Gasteiger charge is 2.31. The molecule has 2 atom stereocenters. The van der Waals surface area contributed by atoms with Crippen LogP contribution < -0.4 is 5.73 Å². The van der Waals surface area contributed by atoms with Gasteiger partial charge in [0.15, 0.2) is 0 Å². The van der Waals surface area contributed by atoms with Gasteiger partial charge in [0.25, 0.3) is 0 Å². The molecular formula is C11H16ClNO2S. The molecule has 0 bridgehead atoms. The van der Waals surface area contributed by atoms with Gasteiger partial charge < -0.3 is 10.5 Å². The summed E-state index contributed by atoms with van der Waals surface area (Å²) in [6.45, 7) is 3.91. The molecule has 1 aromatic rings. The van der Waals surface area contributed by atoms with E-state index in [1.54, 1.807) is 6.07 Å². The third-order valence-corrected chi connectivity index (χ3v) is 3.83. The van der Waals surface area contributed by atoms with Crippen LogP contribution in [-0.4, -0.2) is 13.1 Å². The van der Waals surface area contributed by atoms with E-state index in [-0.39, 0.29) is 23.8 Å². The summed E-state index contributed by atoms with van der Waals surface area (Å²) >= 11 is 7.25. The molecule has 2 unspecified atom stereocenters. The highest BCUT2D eigenvalue weighted by molar-refractivity contribution is 7.16. The lowest BCUT2D eigenvalue weighted by Crippen LogP contribution is -2.32. The van der Waals surface area contributed by atoms with E-state index in [1.807, 2.05) is 19.9 Å². The van der Waals surface area contributed by atoms with Crippen molar-refractivity contribution in [3.8, 4) is 0 Å². The third kappa shape index (κ3) is 2.97. The van der Waals surface area contributed by atoms with Crippen molar-refractivity contribution in [2.24, 2.45) is 17.6 Å². The van der Waals surface area contributed by atoms with Gasteiger partial charge in [0, 0.05) is 4.88 Å². The van der Waals surface area contributed by atoms with Gasteiger partial charge in [0.1, 0.15) is 0 Å². The molecule has 2 N–H and O–H groups in total. The van der Waals surface area contributed by atoms with Crippen molar-refractivity contribution in [2.45, 2.75) is 19.9 Å². The predicted molar refractivity (Wildman–Crippen MR) is 66.6 cm³/mol. The average molecular weight is 262 g/mol. The average Bonchev–Trinajstić information content (AvgIpc) is 2.64. The summed E-state index contributed by atoms with van der Waals surface area (Å²) in [6.07, 6.45) is 0. The van der Waals surface area contributed by atoms with Crippen LogP contribution in [0.2, 0.25) is 4.34 Å². The van der Waals surface area contributed by atoms with E-state index in [1.165, 1.54) is 18.4 Å². The number of rotatable bonds is 4. The van der Waals surface area contributed by atoms with E-state index in [4.69, 9.17) is 22.1 Å². The molecule has 1 aromatic heterocycles. The topological polar surface area (TPSA) is 52.3 Å². The number of hydrogen-bond donors (Lipinski definition) is 1.